The van der Waals surface area contributed by atoms with E-state index in [-0.39, 0.29) is 0 Å². The molecule has 2 heteroatoms. The molecule has 1 atom stereocenters. The fourth-order valence-electron chi connectivity index (χ4n) is 0.784. The van der Waals surface area contributed by atoms with Crippen LogP contribution in [0.2, 0.25) is 0 Å². The first-order valence-corrected chi connectivity index (χ1v) is 5.30. The molecular weight excluding hydrogens is 154 g/mol. The Hall–Kier alpha value is 0.0500. The quantitative estimate of drug-likeness (QED) is 0.624. The van der Waals surface area contributed by atoms with Gasteiger partial charge >= 0.3 is 0 Å². The minimum atomic E-state index is 0.358. The first kappa shape index (κ1) is 11.1. The molecule has 0 rings (SSSR count). The van der Waals surface area contributed by atoms with Crippen molar-refractivity contribution in [3.05, 3.63) is 12.2 Å². The van der Waals surface area contributed by atoms with Gasteiger partial charge in [0.2, 0.25) is 0 Å². The van der Waals surface area contributed by atoms with E-state index in [4.69, 9.17) is 5.73 Å². The van der Waals surface area contributed by atoms with Crippen molar-refractivity contribution in [3.63, 3.8) is 0 Å². The molecule has 0 aliphatic carbocycles. The zero-order valence-electron chi connectivity index (χ0n) is 7.60. The van der Waals surface area contributed by atoms with Crippen LogP contribution in [0, 0.1) is 0 Å². The molecule has 1 nitrogen and oxygen atoms in total. The molecule has 0 aromatic heterocycles. The molecule has 0 saturated heterocycles. The molecule has 0 aromatic carbocycles. The molecule has 0 radical (unpaired) electrons. The van der Waals surface area contributed by atoms with E-state index < -0.39 is 0 Å². The third-order valence-corrected chi connectivity index (χ3v) is 2.55. The van der Waals surface area contributed by atoms with Crippen molar-refractivity contribution in [2.45, 2.75) is 32.7 Å². The van der Waals surface area contributed by atoms with Gasteiger partial charge in [0.15, 0.2) is 0 Å². The second-order valence-corrected chi connectivity index (χ2v) is 4.23. The Morgan fingerprint density at radius 1 is 1.64 bits per heavy atom. The Kier molecular flexibility index (Phi) is 6.77. The van der Waals surface area contributed by atoms with Crippen LogP contribution in [-0.2, 0) is 0 Å². The first-order chi connectivity index (χ1) is 5.16. The third kappa shape index (κ3) is 7.95. The van der Waals surface area contributed by atoms with Gasteiger partial charge in [-0.25, -0.2) is 0 Å². The Bertz CT molecular complexity index is 112. The minimum absolute atomic E-state index is 0.358. The van der Waals surface area contributed by atoms with Gasteiger partial charge in [-0.2, -0.15) is 11.8 Å². The molecule has 2 N–H and O–H groups in total. The molecule has 0 fully saturated rings. The second-order valence-electron chi connectivity index (χ2n) is 2.92. The van der Waals surface area contributed by atoms with Crippen molar-refractivity contribution in [2.75, 3.05) is 11.5 Å². The number of rotatable bonds is 6. The van der Waals surface area contributed by atoms with Gasteiger partial charge in [0.05, 0.1) is 0 Å². The molecule has 0 saturated carbocycles. The Labute approximate surface area is 74.4 Å². The van der Waals surface area contributed by atoms with Crippen LogP contribution < -0.4 is 5.73 Å². The summed E-state index contributed by atoms with van der Waals surface area (Å²) in [5, 5.41) is 0. The van der Waals surface area contributed by atoms with Crippen LogP contribution >= 0.6 is 11.8 Å². The van der Waals surface area contributed by atoms with Crippen LogP contribution in [0.25, 0.3) is 0 Å². The van der Waals surface area contributed by atoms with E-state index in [9.17, 15) is 0 Å². The molecule has 0 aliphatic rings. The highest BCUT2D eigenvalue weighted by Gasteiger charge is 2.00. The van der Waals surface area contributed by atoms with Crippen LogP contribution in [0.15, 0.2) is 12.2 Å². The smallest absolute Gasteiger partial charge is 0.0133 e. The third-order valence-electron chi connectivity index (χ3n) is 1.48. The lowest BCUT2D eigenvalue weighted by Gasteiger charge is -2.09. The lowest BCUT2D eigenvalue weighted by Crippen LogP contribution is -2.22. The molecule has 0 bridgehead atoms. The van der Waals surface area contributed by atoms with Crippen LogP contribution in [0.4, 0.5) is 0 Å². The minimum Gasteiger partial charge on any atom is -0.327 e. The van der Waals surface area contributed by atoms with Gasteiger partial charge in [0, 0.05) is 11.8 Å². The molecule has 11 heavy (non-hydrogen) atoms. The summed E-state index contributed by atoms with van der Waals surface area (Å²) in [5.41, 5.74) is 7.08. The van der Waals surface area contributed by atoms with Crippen LogP contribution in [0.3, 0.4) is 0 Å². The van der Waals surface area contributed by atoms with Crippen molar-refractivity contribution in [3.8, 4) is 0 Å². The van der Waals surface area contributed by atoms with Crippen molar-refractivity contribution in [1.82, 2.24) is 0 Å². The van der Waals surface area contributed by atoms with Gasteiger partial charge in [0.25, 0.3) is 0 Å². The van der Waals surface area contributed by atoms with Crippen LogP contribution in [0.1, 0.15) is 26.7 Å². The number of hydrogen-bond donors (Lipinski definition) is 1. The number of thioether (sulfide) groups is 1. The van der Waals surface area contributed by atoms with Gasteiger partial charge in [-0.15, -0.1) is 6.58 Å². The van der Waals surface area contributed by atoms with Crippen LogP contribution in [0.5, 0.6) is 0 Å². The summed E-state index contributed by atoms with van der Waals surface area (Å²) < 4.78 is 0. The molecule has 0 spiro atoms. The normalized spacial score (nSPS) is 13.0. The largest absolute Gasteiger partial charge is 0.327 e. The zero-order chi connectivity index (χ0) is 8.69. The van der Waals surface area contributed by atoms with E-state index in [0.717, 1.165) is 18.6 Å². The summed E-state index contributed by atoms with van der Waals surface area (Å²) in [4.78, 5) is 0. The summed E-state index contributed by atoms with van der Waals surface area (Å²) in [5.74, 6) is 2.25. The van der Waals surface area contributed by atoms with Gasteiger partial charge < -0.3 is 5.73 Å². The van der Waals surface area contributed by atoms with Gasteiger partial charge in [0.1, 0.15) is 0 Å². The molecule has 66 valence electrons. The van der Waals surface area contributed by atoms with E-state index in [2.05, 4.69) is 20.4 Å². The molecule has 0 aliphatic heterocycles. The fraction of sp³-hybridized carbons (Fsp3) is 0.778. The van der Waals surface area contributed by atoms with Gasteiger partial charge in [-0.05, 0) is 25.5 Å². The van der Waals surface area contributed by atoms with Crippen molar-refractivity contribution >= 4 is 11.8 Å². The predicted molar refractivity (Wildman–Crippen MR) is 55.0 cm³/mol. The number of hydrogen-bond acceptors (Lipinski definition) is 2. The van der Waals surface area contributed by atoms with Crippen molar-refractivity contribution < 1.29 is 0 Å². The summed E-state index contributed by atoms with van der Waals surface area (Å²) in [6, 6.07) is 0.358. The summed E-state index contributed by atoms with van der Waals surface area (Å²) in [7, 11) is 0. The lowest BCUT2D eigenvalue weighted by atomic mass is 10.1. The number of allylic oxidation sites excluding steroid dienone is 1. The first-order valence-electron chi connectivity index (χ1n) is 4.14. The van der Waals surface area contributed by atoms with Crippen LogP contribution in [-0.4, -0.2) is 17.5 Å². The summed E-state index contributed by atoms with van der Waals surface area (Å²) in [6.45, 7) is 8.06. The SMILES string of the molecule is C=C(C)CCC(N)CSCC. The molecule has 0 amide bonds. The van der Waals surface area contributed by atoms with Gasteiger partial charge in [-0.3, -0.25) is 0 Å². The standard InChI is InChI=1S/C9H19NS/c1-4-11-7-9(10)6-5-8(2)3/h9H,2,4-7,10H2,1,3H3. The van der Waals surface area contributed by atoms with Gasteiger partial charge in [-0.1, -0.05) is 12.5 Å². The fourth-order valence-corrected chi connectivity index (χ4v) is 1.49. The average molecular weight is 173 g/mol. The maximum Gasteiger partial charge on any atom is 0.0133 e. The van der Waals surface area contributed by atoms with E-state index in [1.165, 1.54) is 11.3 Å². The second kappa shape index (κ2) is 6.74. The average Bonchev–Trinajstić information content (AvgIpc) is 1.97. The molecule has 0 aromatic rings. The molecule has 1 unspecified atom stereocenters. The van der Waals surface area contributed by atoms with E-state index in [1.807, 2.05) is 11.8 Å². The summed E-state index contributed by atoms with van der Waals surface area (Å²) in [6.07, 6.45) is 2.16. The molecule has 0 heterocycles. The highest BCUT2D eigenvalue weighted by molar-refractivity contribution is 7.99. The highest BCUT2D eigenvalue weighted by Crippen LogP contribution is 2.07. The van der Waals surface area contributed by atoms with Crippen molar-refractivity contribution in [1.29, 1.82) is 0 Å². The molecular formula is C9H19NS. The predicted octanol–water partition coefficient (Wildman–Crippen LogP) is 2.42. The Balaban J connectivity index is 3.22. The maximum absolute atomic E-state index is 5.85. The Morgan fingerprint density at radius 2 is 2.27 bits per heavy atom. The zero-order valence-corrected chi connectivity index (χ0v) is 8.41. The van der Waals surface area contributed by atoms with E-state index in [1.54, 1.807) is 0 Å². The topological polar surface area (TPSA) is 26.0 Å². The lowest BCUT2D eigenvalue weighted by molar-refractivity contribution is 0.672. The van der Waals surface area contributed by atoms with Crippen molar-refractivity contribution in [2.24, 2.45) is 5.73 Å². The highest BCUT2D eigenvalue weighted by atomic mass is 32.2. The maximum atomic E-state index is 5.85. The number of nitrogens with two attached hydrogens (primary N) is 1. The monoisotopic (exact) mass is 173 g/mol. The van der Waals surface area contributed by atoms with E-state index in [0.29, 0.717) is 6.04 Å². The summed E-state index contributed by atoms with van der Waals surface area (Å²) >= 11 is 1.91. The Morgan fingerprint density at radius 3 is 2.73 bits per heavy atom. The van der Waals surface area contributed by atoms with E-state index >= 15 is 0 Å².